The predicted octanol–water partition coefficient (Wildman–Crippen LogP) is 3.96. The molecular weight excluding hydrogens is 416 g/mol. The molecule has 1 aromatic heterocycles. The summed E-state index contributed by atoms with van der Waals surface area (Å²) in [6, 6.07) is 7.13. The lowest BCUT2D eigenvalue weighted by Gasteiger charge is -2.34. The Hall–Kier alpha value is -2.58. The van der Waals surface area contributed by atoms with E-state index in [1.54, 1.807) is 14.0 Å². The molecule has 2 aromatic rings. The molecule has 7 nitrogen and oxygen atoms in total. The highest BCUT2D eigenvalue weighted by molar-refractivity contribution is 7.16. The number of benzene rings is 1. The van der Waals surface area contributed by atoms with Crippen LogP contribution in [-0.2, 0) is 27.2 Å². The number of carbonyl (C=O) groups is 2. The molecule has 1 aliphatic rings. The van der Waals surface area contributed by atoms with E-state index in [-0.39, 0.29) is 12.6 Å². The first-order chi connectivity index (χ1) is 14.6. The van der Waals surface area contributed by atoms with Gasteiger partial charge in [-0.1, -0.05) is 12.1 Å². The number of nitrogens with zero attached hydrogens (tertiary/aromatic N) is 1. The number of anilines is 1. The van der Waals surface area contributed by atoms with Crippen LogP contribution in [0.2, 0.25) is 0 Å². The fraction of sp³-hybridized carbons (Fsp3) is 0.478. The zero-order valence-electron chi connectivity index (χ0n) is 18.7. The molecule has 1 aromatic carbocycles. The van der Waals surface area contributed by atoms with Crippen molar-refractivity contribution in [2.75, 3.05) is 26.0 Å². The molecule has 0 aliphatic carbocycles. The number of rotatable bonds is 6. The highest BCUT2D eigenvalue weighted by Gasteiger charge is 2.39. The van der Waals surface area contributed by atoms with Crippen LogP contribution in [0.5, 0.6) is 5.75 Å². The van der Waals surface area contributed by atoms with Gasteiger partial charge >= 0.3 is 11.9 Å². The van der Waals surface area contributed by atoms with Crippen molar-refractivity contribution in [1.82, 2.24) is 4.90 Å². The fourth-order valence-corrected chi connectivity index (χ4v) is 4.92. The molecule has 1 atom stereocenters. The molecule has 1 aliphatic heterocycles. The maximum atomic E-state index is 12.9. The van der Waals surface area contributed by atoms with Crippen molar-refractivity contribution in [3.8, 4) is 5.75 Å². The average Bonchev–Trinajstić information content (AvgIpc) is 3.03. The van der Waals surface area contributed by atoms with Crippen molar-refractivity contribution in [1.29, 1.82) is 0 Å². The van der Waals surface area contributed by atoms with Crippen LogP contribution in [0.3, 0.4) is 0 Å². The van der Waals surface area contributed by atoms with Crippen molar-refractivity contribution in [3.63, 3.8) is 0 Å². The number of carbonyl (C=O) groups excluding carboxylic acids is 2. The van der Waals surface area contributed by atoms with Crippen molar-refractivity contribution >= 4 is 28.3 Å². The monoisotopic (exact) mass is 446 g/mol. The summed E-state index contributed by atoms with van der Waals surface area (Å²) in [4.78, 5) is 28.6. The van der Waals surface area contributed by atoms with Crippen LogP contribution >= 0.6 is 11.3 Å². The molecular formula is C23H30N2O5S. The van der Waals surface area contributed by atoms with E-state index in [2.05, 4.69) is 4.90 Å². The largest absolute Gasteiger partial charge is 0.497 e. The van der Waals surface area contributed by atoms with E-state index in [0.29, 0.717) is 30.1 Å². The van der Waals surface area contributed by atoms with Gasteiger partial charge in [0.05, 0.1) is 19.3 Å². The standard InChI is InChI=1S/C23H30N2O5S/c1-6-29-22(27)18-19-16(17(20(24)31-19)21(26)30-23(2,3)4)11-12-25(18)13-14-7-9-15(28-5)10-8-14/h7-10,18H,6,11-13,24H2,1-5H3. The SMILES string of the molecule is CCOC(=O)C1c2sc(N)c(C(=O)OC(C)(C)C)c2CCN1Cc1ccc(OC)cc1. The van der Waals surface area contributed by atoms with Gasteiger partial charge in [0.15, 0.2) is 0 Å². The number of fused-ring (bicyclic) bond motifs is 1. The Labute approximate surface area is 187 Å². The second-order valence-corrected chi connectivity index (χ2v) is 9.49. The van der Waals surface area contributed by atoms with Gasteiger partial charge < -0.3 is 19.9 Å². The summed E-state index contributed by atoms with van der Waals surface area (Å²) in [7, 11) is 1.63. The average molecular weight is 447 g/mol. The highest BCUT2D eigenvalue weighted by Crippen LogP contribution is 2.43. The lowest BCUT2D eigenvalue weighted by molar-refractivity contribution is -0.150. The summed E-state index contributed by atoms with van der Waals surface area (Å²) in [5.74, 6) is -0.0117. The molecule has 0 radical (unpaired) electrons. The number of methoxy groups -OCH3 is 1. The molecule has 0 spiro atoms. The fourth-order valence-electron chi connectivity index (χ4n) is 3.69. The third-order valence-corrected chi connectivity index (χ3v) is 6.10. The molecule has 1 unspecified atom stereocenters. The first-order valence-corrected chi connectivity index (χ1v) is 11.1. The van der Waals surface area contributed by atoms with Gasteiger partial charge in [-0.3, -0.25) is 4.90 Å². The van der Waals surface area contributed by atoms with Gasteiger partial charge in [-0.25, -0.2) is 9.59 Å². The maximum absolute atomic E-state index is 12.9. The number of esters is 2. The van der Waals surface area contributed by atoms with Gasteiger partial charge in [0.25, 0.3) is 0 Å². The Bertz CT molecular complexity index is 946. The predicted molar refractivity (Wildman–Crippen MR) is 120 cm³/mol. The van der Waals surface area contributed by atoms with Crippen molar-refractivity contribution in [2.24, 2.45) is 0 Å². The summed E-state index contributed by atoms with van der Waals surface area (Å²) in [6.07, 6.45) is 0.601. The van der Waals surface area contributed by atoms with Gasteiger partial charge in [0, 0.05) is 18.0 Å². The van der Waals surface area contributed by atoms with Crippen LogP contribution in [0, 0.1) is 0 Å². The first kappa shape index (κ1) is 23.1. The lowest BCUT2D eigenvalue weighted by atomic mass is 9.96. The second-order valence-electron chi connectivity index (χ2n) is 8.41. The van der Waals surface area contributed by atoms with E-state index in [4.69, 9.17) is 19.9 Å². The zero-order valence-corrected chi connectivity index (χ0v) is 19.5. The number of ether oxygens (including phenoxy) is 3. The van der Waals surface area contributed by atoms with Gasteiger partial charge in [-0.2, -0.15) is 0 Å². The van der Waals surface area contributed by atoms with Crippen LogP contribution < -0.4 is 10.5 Å². The minimum absolute atomic E-state index is 0.279. The normalized spacial score (nSPS) is 16.5. The number of thiophene rings is 1. The number of hydrogen-bond donors (Lipinski definition) is 1. The van der Waals surface area contributed by atoms with Crippen molar-refractivity contribution in [2.45, 2.75) is 52.3 Å². The van der Waals surface area contributed by atoms with E-state index in [0.717, 1.165) is 21.8 Å². The topological polar surface area (TPSA) is 91.1 Å². The van der Waals surface area contributed by atoms with Crippen LogP contribution in [0.25, 0.3) is 0 Å². The second kappa shape index (κ2) is 9.28. The molecule has 31 heavy (non-hydrogen) atoms. The third-order valence-electron chi connectivity index (χ3n) is 4.99. The molecule has 8 heteroatoms. The molecule has 0 saturated heterocycles. The summed E-state index contributed by atoms with van der Waals surface area (Å²) in [5.41, 5.74) is 7.84. The quantitative estimate of drug-likeness (QED) is 0.672. The summed E-state index contributed by atoms with van der Waals surface area (Å²) < 4.78 is 16.2. The number of nitrogens with two attached hydrogens (primary N) is 1. The molecule has 0 saturated carbocycles. The number of hydrogen-bond acceptors (Lipinski definition) is 8. The minimum atomic E-state index is -0.631. The van der Waals surface area contributed by atoms with E-state index in [1.807, 2.05) is 45.0 Å². The van der Waals surface area contributed by atoms with E-state index < -0.39 is 17.6 Å². The van der Waals surface area contributed by atoms with Gasteiger partial charge in [-0.15, -0.1) is 11.3 Å². The van der Waals surface area contributed by atoms with Gasteiger partial charge in [-0.05, 0) is 57.4 Å². The molecule has 0 fully saturated rings. The van der Waals surface area contributed by atoms with Crippen LogP contribution in [0.4, 0.5) is 5.00 Å². The molecule has 168 valence electrons. The minimum Gasteiger partial charge on any atom is -0.497 e. The summed E-state index contributed by atoms with van der Waals surface area (Å²) in [5, 5.41) is 0.375. The Morgan fingerprint density at radius 2 is 1.90 bits per heavy atom. The molecule has 2 N–H and O–H groups in total. The molecule has 2 heterocycles. The van der Waals surface area contributed by atoms with Crippen molar-refractivity contribution in [3.05, 3.63) is 45.8 Å². The Morgan fingerprint density at radius 1 is 1.23 bits per heavy atom. The maximum Gasteiger partial charge on any atom is 0.341 e. The Kier molecular flexibility index (Phi) is 6.91. The van der Waals surface area contributed by atoms with Crippen LogP contribution in [0.15, 0.2) is 24.3 Å². The van der Waals surface area contributed by atoms with E-state index in [9.17, 15) is 9.59 Å². The Balaban J connectivity index is 1.95. The highest BCUT2D eigenvalue weighted by atomic mass is 32.1. The van der Waals surface area contributed by atoms with E-state index in [1.165, 1.54) is 11.3 Å². The zero-order chi connectivity index (χ0) is 22.8. The van der Waals surface area contributed by atoms with Gasteiger partial charge in [0.2, 0.25) is 0 Å². The van der Waals surface area contributed by atoms with Crippen LogP contribution in [-0.4, -0.2) is 42.7 Å². The summed E-state index contributed by atoms with van der Waals surface area (Å²) >= 11 is 1.27. The van der Waals surface area contributed by atoms with Gasteiger partial charge in [0.1, 0.15) is 22.4 Å². The third kappa shape index (κ3) is 5.19. The van der Waals surface area contributed by atoms with Crippen molar-refractivity contribution < 1.29 is 23.8 Å². The smallest absolute Gasteiger partial charge is 0.341 e. The van der Waals surface area contributed by atoms with Crippen LogP contribution in [0.1, 0.15) is 60.1 Å². The first-order valence-electron chi connectivity index (χ1n) is 10.3. The lowest BCUT2D eigenvalue weighted by Crippen LogP contribution is -2.39. The Morgan fingerprint density at radius 3 is 2.48 bits per heavy atom. The molecule has 0 amide bonds. The molecule has 0 bridgehead atoms. The van der Waals surface area contributed by atoms with E-state index >= 15 is 0 Å². The summed E-state index contributed by atoms with van der Waals surface area (Å²) in [6.45, 7) is 8.67. The number of nitrogen functional groups attached to an aromatic ring is 1. The molecule has 3 rings (SSSR count).